The standard InChI is InChI=1S/C13H13F2N3O/c14-10-4-11(15)6-12(5-10)17-13(19)18-3-1-2-9(7-16)8-18/h4-6,9H,1-3,8H2,(H,17,19). The Hall–Kier alpha value is -2.16. The zero-order valence-electron chi connectivity index (χ0n) is 10.2. The van der Waals surface area contributed by atoms with E-state index in [-0.39, 0.29) is 11.6 Å². The highest BCUT2D eigenvalue weighted by molar-refractivity contribution is 5.89. The lowest BCUT2D eigenvalue weighted by molar-refractivity contribution is 0.189. The Bertz CT molecular complexity index is 507. The number of carbonyl (C=O) groups excluding carboxylic acids is 1. The van der Waals surface area contributed by atoms with Crippen molar-refractivity contribution in [3.8, 4) is 6.07 Å². The molecule has 0 aliphatic carbocycles. The van der Waals surface area contributed by atoms with Crippen molar-refractivity contribution in [3.63, 3.8) is 0 Å². The minimum Gasteiger partial charge on any atom is -0.323 e. The molecule has 4 nitrogen and oxygen atoms in total. The number of hydrogen-bond acceptors (Lipinski definition) is 2. The average molecular weight is 265 g/mol. The molecule has 1 fully saturated rings. The summed E-state index contributed by atoms with van der Waals surface area (Å²) in [7, 11) is 0. The SMILES string of the molecule is N#CC1CCCN(C(=O)Nc2cc(F)cc(F)c2)C1. The van der Waals surface area contributed by atoms with Crippen LogP contribution in [0.1, 0.15) is 12.8 Å². The van der Waals surface area contributed by atoms with Gasteiger partial charge in [0, 0.05) is 24.8 Å². The first-order chi connectivity index (χ1) is 9.08. The molecule has 2 amide bonds. The Morgan fingerprint density at radius 3 is 2.68 bits per heavy atom. The Balaban J connectivity index is 2.02. The van der Waals surface area contributed by atoms with Gasteiger partial charge in [0.25, 0.3) is 0 Å². The van der Waals surface area contributed by atoms with Crippen molar-refractivity contribution in [2.45, 2.75) is 12.8 Å². The monoisotopic (exact) mass is 265 g/mol. The number of carbonyl (C=O) groups is 1. The number of nitrogens with one attached hydrogen (secondary N) is 1. The summed E-state index contributed by atoms with van der Waals surface area (Å²) < 4.78 is 26.0. The maximum Gasteiger partial charge on any atom is 0.321 e. The number of amides is 2. The van der Waals surface area contributed by atoms with Crippen molar-refractivity contribution in [3.05, 3.63) is 29.8 Å². The Kier molecular flexibility index (Phi) is 3.95. The van der Waals surface area contributed by atoms with E-state index in [0.717, 1.165) is 31.0 Å². The first-order valence-electron chi connectivity index (χ1n) is 6.00. The summed E-state index contributed by atoms with van der Waals surface area (Å²) in [6.07, 6.45) is 1.53. The van der Waals surface area contributed by atoms with Gasteiger partial charge in [-0.3, -0.25) is 0 Å². The summed E-state index contributed by atoms with van der Waals surface area (Å²) in [6.45, 7) is 0.891. The van der Waals surface area contributed by atoms with Crippen LogP contribution in [-0.4, -0.2) is 24.0 Å². The lowest BCUT2D eigenvalue weighted by atomic mass is 10.0. The van der Waals surface area contributed by atoms with Crippen molar-refractivity contribution in [1.29, 1.82) is 5.26 Å². The smallest absolute Gasteiger partial charge is 0.321 e. The number of urea groups is 1. The van der Waals surface area contributed by atoms with Gasteiger partial charge < -0.3 is 10.2 Å². The number of benzene rings is 1. The number of halogens is 2. The van der Waals surface area contributed by atoms with E-state index in [4.69, 9.17) is 5.26 Å². The maximum atomic E-state index is 13.0. The van der Waals surface area contributed by atoms with E-state index in [1.165, 1.54) is 4.90 Å². The number of nitrogens with zero attached hydrogens (tertiary/aromatic N) is 2. The highest BCUT2D eigenvalue weighted by Crippen LogP contribution is 2.18. The van der Waals surface area contributed by atoms with Crippen LogP contribution in [0.3, 0.4) is 0 Å². The van der Waals surface area contributed by atoms with Crippen LogP contribution in [0, 0.1) is 28.9 Å². The summed E-state index contributed by atoms with van der Waals surface area (Å²) in [4.78, 5) is 13.4. The van der Waals surface area contributed by atoms with Gasteiger partial charge in [-0.15, -0.1) is 0 Å². The molecule has 0 spiro atoms. The Labute approximate surface area is 109 Å². The van der Waals surface area contributed by atoms with Gasteiger partial charge in [0.1, 0.15) is 11.6 Å². The van der Waals surface area contributed by atoms with Gasteiger partial charge >= 0.3 is 6.03 Å². The van der Waals surface area contributed by atoms with E-state index < -0.39 is 17.7 Å². The minimum absolute atomic E-state index is 0.0709. The highest BCUT2D eigenvalue weighted by atomic mass is 19.1. The van der Waals surface area contributed by atoms with Crippen molar-refractivity contribution in [2.24, 2.45) is 5.92 Å². The molecule has 19 heavy (non-hydrogen) atoms. The van der Waals surface area contributed by atoms with Gasteiger partial charge in [0.05, 0.1) is 12.0 Å². The second kappa shape index (κ2) is 5.65. The molecule has 1 aromatic carbocycles. The third-order valence-corrected chi connectivity index (χ3v) is 3.01. The molecule has 1 unspecified atom stereocenters. The van der Waals surface area contributed by atoms with Crippen LogP contribution in [0.5, 0.6) is 0 Å². The fourth-order valence-corrected chi connectivity index (χ4v) is 2.10. The van der Waals surface area contributed by atoms with Gasteiger partial charge in [-0.25, -0.2) is 13.6 Å². The Morgan fingerprint density at radius 2 is 2.05 bits per heavy atom. The van der Waals surface area contributed by atoms with E-state index in [2.05, 4.69) is 11.4 Å². The van der Waals surface area contributed by atoms with E-state index in [9.17, 15) is 13.6 Å². The molecule has 0 bridgehead atoms. The molecule has 6 heteroatoms. The lowest BCUT2D eigenvalue weighted by Gasteiger charge is -2.29. The molecule has 1 saturated heterocycles. The Morgan fingerprint density at radius 1 is 1.37 bits per heavy atom. The molecule has 1 N–H and O–H groups in total. The molecule has 1 heterocycles. The molecule has 0 saturated carbocycles. The van der Waals surface area contributed by atoms with Crippen LogP contribution in [0.2, 0.25) is 0 Å². The van der Waals surface area contributed by atoms with Crippen molar-refractivity contribution >= 4 is 11.7 Å². The molecular weight excluding hydrogens is 252 g/mol. The van der Waals surface area contributed by atoms with Crippen LogP contribution < -0.4 is 5.32 Å². The van der Waals surface area contributed by atoms with Crippen LogP contribution in [0.15, 0.2) is 18.2 Å². The number of likely N-dealkylation sites (tertiary alicyclic amines) is 1. The topological polar surface area (TPSA) is 56.1 Å². The van der Waals surface area contributed by atoms with Crippen LogP contribution in [0.4, 0.5) is 19.3 Å². The maximum absolute atomic E-state index is 13.0. The quantitative estimate of drug-likeness (QED) is 0.848. The number of rotatable bonds is 1. The van der Waals surface area contributed by atoms with E-state index in [1.54, 1.807) is 0 Å². The fourth-order valence-electron chi connectivity index (χ4n) is 2.10. The summed E-state index contributed by atoms with van der Waals surface area (Å²) >= 11 is 0. The van der Waals surface area contributed by atoms with Gasteiger partial charge in [0.2, 0.25) is 0 Å². The van der Waals surface area contributed by atoms with Crippen molar-refractivity contribution < 1.29 is 13.6 Å². The van der Waals surface area contributed by atoms with Crippen LogP contribution in [0.25, 0.3) is 0 Å². The first kappa shape index (κ1) is 13.3. The molecule has 2 rings (SSSR count). The summed E-state index contributed by atoms with van der Waals surface area (Å²) in [5.41, 5.74) is 0.0709. The zero-order valence-corrected chi connectivity index (χ0v) is 10.2. The fraction of sp³-hybridized carbons (Fsp3) is 0.385. The predicted molar refractivity (Wildman–Crippen MR) is 65.3 cm³/mol. The zero-order chi connectivity index (χ0) is 13.8. The molecule has 1 aliphatic rings. The molecule has 0 aromatic heterocycles. The molecule has 0 radical (unpaired) electrons. The predicted octanol–water partition coefficient (Wildman–Crippen LogP) is 2.73. The minimum atomic E-state index is -0.746. The number of anilines is 1. The lowest BCUT2D eigenvalue weighted by Crippen LogP contribution is -2.42. The summed E-state index contributed by atoms with van der Waals surface area (Å²) in [5.74, 6) is -1.67. The van der Waals surface area contributed by atoms with Gasteiger partial charge in [-0.05, 0) is 25.0 Å². The molecule has 1 aliphatic heterocycles. The third kappa shape index (κ3) is 3.41. The largest absolute Gasteiger partial charge is 0.323 e. The van der Waals surface area contributed by atoms with E-state index in [0.29, 0.717) is 13.1 Å². The average Bonchev–Trinajstić information content (AvgIpc) is 2.37. The van der Waals surface area contributed by atoms with Crippen LogP contribution in [-0.2, 0) is 0 Å². The van der Waals surface area contributed by atoms with Crippen molar-refractivity contribution in [2.75, 3.05) is 18.4 Å². The van der Waals surface area contributed by atoms with Gasteiger partial charge in [0.15, 0.2) is 0 Å². The number of nitriles is 1. The molecule has 100 valence electrons. The molecular formula is C13H13F2N3O. The first-order valence-corrected chi connectivity index (χ1v) is 6.00. The highest BCUT2D eigenvalue weighted by Gasteiger charge is 2.23. The molecule has 1 atom stereocenters. The normalized spacial score (nSPS) is 18.8. The summed E-state index contributed by atoms with van der Waals surface area (Å²) in [5, 5.41) is 11.3. The van der Waals surface area contributed by atoms with Gasteiger partial charge in [-0.2, -0.15) is 5.26 Å². The van der Waals surface area contributed by atoms with E-state index in [1.807, 2.05) is 0 Å². The van der Waals surface area contributed by atoms with Crippen LogP contribution >= 0.6 is 0 Å². The third-order valence-electron chi connectivity index (χ3n) is 3.01. The second-order valence-electron chi connectivity index (χ2n) is 4.50. The second-order valence-corrected chi connectivity index (χ2v) is 4.50. The van der Waals surface area contributed by atoms with E-state index >= 15 is 0 Å². The number of piperidine rings is 1. The summed E-state index contributed by atoms with van der Waals surface area (Å²) in [6, 6.07) is 4.52. The molecule has 1 aromatic rings. The van der Waals surface area contributed by atoms with Crippen molar-refractivity contribution in [1.82, 2.24) is 4.90 Å². The van der Waals surface area contributed by atoms with Gasteiger partial charge in [-0.1, -0.05) is 0 Å². The number of hydrogen-bond donors (Lipinski definition) is 1.